The van der Waals surface area contributed by atoms with Crippen LogP contribution >= 0.6 is 0 Å². The zero-order chi connectivity index (χ0) is 25.8. The number of aryl methyl sites for hydroxylation is 1. The molecular weight excluding hydrogens is 464 g/mol. The number of carbonyl (C=O) groups is 2. The molecule has 0 spiro atoms. The largest absolute Gasteiger partial charge is 0.340 e. The van der Waals surface area contributed by atoms with Crippen LogP contribution in [0.4, 0.5) is 0 Å². The third-order valence-electron chi connectivity index (χ3n) is 7.23. The summed E-state index contributed by atoms with van der Waals surface area (Å²) in [7, 11) is 0. The third kappa shape index (κ3) is 5.89. The first-order valence-corrected chi connectivity index (χ1v) is 12.9. The molecule has 37 heavy (non-hydrogen) atoms. The number of rotatable bonds is 10. The Balaban J connectivity index is 1.15. The van der Waals surface area contributed by atoms with E-state index >= 15 is 0 Å². The van der Waals surface area contributed by atoms with Gasteiger partial charge in [-0.1, -0.05) is 29.8 Å². The van der Waals surface area contributed by atoms with Gasteiger partial charge in [-0.2, -0.15) is 5.10 Å². The lowest BCUT2D eigenvalue weighted by Gasteiger charge is -2.34. The number of hydrogen-bond acceptors (Lipinski definition) is 4. The summed E-state index contributed by atoms with van der Waals surface area (Å²) >= 11 is 0. The molecule has 1 saturated heterocycles. The Morgan fingerprint density at radius 2 is 1.89 bits per heavy atom. The molecule has 2 aromatic carbocycles. The van der Waals surface area contributed by atoms with Crippen molar-refractivity contribution < 1.29 is 9.59 Å². The molecule has 1 aromatic heterocycles. The molecule has 1 saturated carbocycles. The van der Waals surface area contributed by atoms with Gasteiger partial charge in [0.25, 0.3) is 11.9 Å². The molecule has 2 heterocycles. The second-order valence-corrected chi connectivity index (χ2v) is 10.0. The Bertz CT molecular complexity index is 1260. The van der Waals surface area contributed by atoms with Crippen molar-refractivity contribution in [3.8, 4) is 5.69 Å². The van der Waals surface area contributed by atoms with Gasteiger partial charge in [0.1, 0.15) is 6.04 Å². The maximum absolute atomic E-state index is 13.1. The molecule has 1 aliphatic carbocycles. The van der Waals surface area contributed by atoms with Crippen LogP contribution in [0.3, 0.4) is 0 Å². The van der Waals surface area contributed by atoms with Crippen LogP contribution in [-0.4, -0.2) is 64.3 Å². The van der Waals surface area contributed by atoms with Gasteiger partial charge in [0.2, 0.25) is 5.91 Å². The molecule has 0 bridgehead atoms. The standard InChI is InChI=1S/C29H32N6O2/c1-20-6-8-21(9-7-20)25-17-27(25)31-14-3-5-26(29(37)34-18-23(19-34)30-2)33-28(36)22-10-12-24(13-11-22)35-16-4-15-32-35/h4,6-13,15-16,23,25-27,31H,3,5,14,17-19H2,1H3,(H,33,36)/t25-,26-,27+/m0/s1. The predicted octanol–water partition coefficient (Wildman–Crippen LogP) is 3.34. The summed E-state index contributed by atoms with van der Waals surface area (Å²) in [6, 6.07) is 17.4. The monoisotopic (exact) mass is 496 g/mol. The molecule has 8 heteroatoms. The molecule has 3 atom stereocenters. The summed E-state index contributed by atoms with van der Waals surface area (Å²) < 4.78 is 1.72. The number of likely N-dealkylation sites (tertiary alicyclic amines) is 1. The van der Waals surface area contributed by atoms with Crippen molar-refractivity contribution in [2.75, 3.05) is 19.6 Å². The van der Waals surface area contributed by atoms with Crippen LogP contribution in [0.1, 0.15) is 46.7 Å². The fraction of sp³-hybridized carbons (Fsp3) is 0.379. The normalized spacial score (nSPS) is 19.5. The third-order valence-corrected chi connectivity index (χ3v) is 7.23. The van der Waals surface area contributed by atoms with Crippen molar-refractivity contribution >= 4 is 11.8 Å². The first-order chi connectivity index (χ1) is 18.0. The first-order valence-electron chi connectivity index (χ1n) is 12.9. The van der Waals surface area contributed by atoms with Gasteiger partial charge in [0.15, 0.2) is 0 Å². The van der Waals surface area contributed by atoms with Gasteiger partial charge in [0.05, 0.1) is 18.8 Å². The predicted molar refractivity (Wildman–Crippen MR) is 141 cm³/mol. The lowest BCUT2D eigenvalue weighted by atomic mass is 10.0. The van der Waals surface area contributed by atoms with Crippen molar-refractivity contribution in [3.05, 3.63) is 95.1 Å². The maximum atomic E-state index is 13.1. The molecule has 190 valence electrons. The highest BCUT2D eigenvalue weighted by Crippen LogP contribution is 2.40. The molecule has 3 aromatic rings. The van der Waals surface area contributed by atoms with E-state index in [2.05, 4.69) is 51.8 Å². The Morgan fingerprint density at radius 1 is 1.14 bits per heavy atom. The van der Waals surface area contributed by atoms with E-state index in [0.29, 0.717) is 37.0 Å². The summed E-state index contributed by atoms with van der Waals surface area (Å²) in [5, 5.41) is 10.8. The minimum atomic E-state index is -0.612. The van der Waals surface area contributed by atoms with Crippen LogP contribution in [0.5, 0.6) is 0 Å². The van der Waals surface area contributed by atoms with Crippen molar-refractivity contribution in [2.45, 2.75) is 50.2 Å². The highest BCUT2D eigenvalue weighted by atomic mass is 16.2. The van der Waals surface area contributed by atoms with Crippen molar-refractivity contribution in [1.29, 1.82) is 0 Å². The first kappa shape index (κ1) is 24.7. The molecule has 2 fully saturated rings. The minimum Gasteiger partial charge on any atom is -0.340 e. The van der Waals surface area contributed by atoms with E-state index in [1.54, 1.807) is 27.9 Å². The number of nitrogens with zero attached hydrogens (tertiary/aromatic N) is 4. The van der Waals surface area contributed by atoms with Gasteiger partial charge < -0.3 is 20.4 Å². The Kier molecular flexibility index (Phi) is 7.33. The highest BCUT2D eigenvalue weighted by Gasteiger charge is 2.39. The van der Waals surface area contributed by atoms with Crippen LogP contribution in [-0.2, 0) is 4.79 Å². The van der Waals surface area contributed by atoms with Gasteiger partial charge in [-0.25, -0.2) is 11.3 Å². The van der Waals surface area contributed by atoms with Crippen LogP contribution in [0.15, 0.2) is 67.0 Å². The van der Waals surface area contributed by atoms with Crippen LogP contribution in [0, 0.1) is 13.5 Å². The van der Waals surface area contributed by atoms with Gasteiger partial charge in [-0.15, -0.1) is 0 Å². The number of hydrogen-bond donors (Lipinski definition) is 2. The van der Waals surface area contributed by atoms with E-state index in [0.717, 1.165) is 25.1 Å². The van der Waals surface area contributed by atoms with Gasteiger partial charge in [0, 0.05) is 29.9 Å². The van der Waals surface area contributed by atoms with Crippen molar-refractivity contribution in [2.24, 2.45) is 0 Å². The summed E-state index contributed by atoms with van der Waals surface area (Å²) in [4.78, 5) is 31.3. The molecular formula is C29H32N6O2. The molecule has 2 amide bonds. The Morgan fingerprint density at radius 3 is 2.57 bits per heavy atom. The topological polar surface area (TPSA) is 83.6 Å². The average Bonchev–Trinajstić information content (AvgIpc) is 3.44. The molecule has 2 N–H and O–H groups in total. The fourth-order valence-corrected chi connectivity index (χ4v) is 4.82. The summed E-state index contributed by atoms with van der Waals surface area (Å²) in [5.41, 5.74) is 3.99. The number of benzene rings is 2. The summed E-state index contributed by atoms with van der Waals surface area (Å²) in [6.45, 7) is 10.9. The zero-order valence-corrected chi connectivity index (χ0v) is 21.0. The highest BCUT2D eigenvalue weighted by molar-refractivity contribution is 5.97. The molecule has 5 rings (SSSR count). The van der Waals surface area contributed by atoms with Gasteiger partial charge >= 0.3 is 0 Å². The Labute approximate surface area is 217 Å². The second-order valence-electron chi connectivity index (χ2n) is 10.0. The Hall–Kier alpha value is -3.96. The minimum absolute atomic E-state index is 0.106. The van der Waals surface area contributed by atoms with E-state index in [1.165, 1.54) is 11.1 Å². The average molecular weight is 497 g/mol. The number of nitrogens with one attached hydrogen (secondary N) is 2. The van der Waals surface area contributed by atoms with Gasteiger partial charge in [-0.05, 0) is 68.6 Å². The number of amides is 2. The number of aromatic nitrogens is 2. The second kappa shape index (κ2) is 11.0. The summed E-state index contributed by atoms with van der Waals surface area (Å²) in [5.74, 6) is 0.168. The van der Waals surface area contributed by atoms with Crippen LogP contribution < -0.4 is 10.6 Å². The van der Waals surface area contributed by atoms with Crippen LogP contribution in [0.2, 0.25) is 0 Å². The number of carbonyl (C=O) groups excluding carboxylic acids is 2. The lowest BCUT2D eigenvalue weighted by molar-refractivity contribution is -0.137. The molecule has 8 nitrogen and oxygen atoms in total. The van der Waals surface area contributed by atoms with E-state index in [-0.39, 0.29) is 17.9 Å². The molecule has 0 radical (unpaired) electrons. The zero-order valence-electron chi connectivity index (χ0n) is 21.0. The molecule has 1 aliphatic heterocycles. The molecule has 0 unspecified atom stereocenters. The van der Waals surface area contributed by atoms with E-state index < -0.39 is 6.04 Å². The lowest BCUT2D eigenvalue weighted by Crippen LogP contribution is -2.58. The van der Waals surface area contributed by atoms with Crippen LogP contribution in [0.25, 0.3) is 10.5 Å². The quantitative estimate of drug-likeness (QED) is 0.333. The molecule has 2 aliphatic rings. The van der Waals surface area contributed by atoms with Crippen molar-refractivity contribution in [1.82, 2.24) is 25.3 Å². The van der Waals surface area contributed by atoms with Crippen molar-refractivity contribution in [3.63, 3.8) is 0 Å². The summed E-state index contributed by atoms with van der Waals surface area (Å²) in [6.07, 6.45) is 5.98. The SMILES string of the molecule is [C-]#[N+]C1CN(C(=O)[C@H](CCCN[C@@H]2C[C@H]2c2ccc(C)cc2)NC(=O)c2ccc(-n3cccn3)cc2)C1. The maximum Gasteiger partial charge on any atom is 0.258 e. The smallest absolute Gasteiger partial charge is 0.258 e. The fourth-order valence-electron chi connectivity index (χ4n) is 4.82. The van der Waals surface area contributed by atoms with E-state index in [1.807, 2.05) is 24.4 Å². The van der Waals surface area contributed by atoms with E-state index in [9.17, 15) is 9.59 Å². The van der Waals surface area contributed by atoms with E-state index in [4.69, 9.17) is 6.57 Å². The van der Waals surface area contributed by atoms with Gasteiger partial charge in [-0.3, -0.25) is 9.59 Å².